The first-order valence-corrected chi connectivity index (χ1v) is 7.11. The van der Waals surface area contributed by atoms with Crippen molar-refractivity contribution in [3.05, 3.63) is 22.7 Å². The summed E-state index contributed by atoms with van der Waals surface area (Å²) in [6, 6.07) is 0.132. The first kappa shape index (κ1) is 15.2. The smallest absolute Gasteiger partial charge is 0.293 e. The predicted octanol–water partition coefficient (Wildman–Crippen LogP) is 1.67. The molecule has 0 saturated heterocycles. The first-order valence-electron chi connectivity index (χ1n) is 5.98. The van der Waals surface area contributed by atoms with E-state index < -0.39 is 0 Å². The van der Waals surface area contributed by atoms with Crippen LogP contribution in [0.25, 0.3) is 0 Å². The van der Waals surface area contributed by atoms with Gasteiger partial charge in [0.05, 0.1) is 6.61 Å². The molecule has 0 aliphatic rings. The lowest BCUT2D eigenvalue weighted by atomic mass is 10.3. The highest BCUT2D eigenvalue weighted by Gasteiger charge is 2.14. The second-order valence-electron chi connectivity index (χ2n) is 4.23. The predicted molar refractivity (Wildman–Crippen MR) is 76.8 cm³/mol. The Morgan fingerprint density at radius 3 is 2.78 bits per heavy atom. The van der Waals surface area contributed by atoms with Gasteiger partial charge in [-0.1, -0.05) is 15.9 Å². The molecule has 1 rings (SSSR count). The van der Waals surface area contributed by atoms with E-state index in [4.69, 9.17) is 4.74 Å². The van der Waals surface area contributed by atoms with Gasteiger partial charge in [-0.25, -0.2) is 4.98 Å². The molecule has 18 heavy (non-hydrogen) atoms. The fourth-order valence-electron chi connectivity index (χ4n) is 1.66. The van der Waals surface area contributed by atoms with Gasteiger partial charge in [0.2, 0.25) is 0 Å². The van der Waals surface area contributed by atoms with Crippen LogP contribution in [0.4, 0.5) is 5.82 Å². The summed E-state index contributed by atoms with van der Waals surface area (Å²) in [5, 5.41) is 0.786. The van der Waals surface area contributed by atoms with Crippen LogP contribution in [0.3, 0.4) is 0 Å². The van der Waals surface area contributed by atoms with Crippen molar-refractivity contribution in [3.63, 3.8) is 0 Å². The molecule has 0 N–H and O–H groups in total. The van der Waals surface area contributed by atoms with E-state index in [0.29, 0.717) is 19.0 Å². The zero-order valence-corrected chi connectivity index (χ0v) is 12.7. The molecule has 1 aromatic rings. The molecule has 0 bridgehead atoms. The maximum Gasteiger partial charge on any atom is 0.293 e. The minimum absolute atomic E-state index is 0.0513. The number of hydrogen-bond acceptors (Lipinski definition) is 4. The van der Waals surface area contributed by atoms with Gasteiger partial charge in [-0.15, -0.1) is 0 Å². The molecule has 1 heterocycles. The topological polar surface area (TPSA) is 47.4 Å². The number of anilines is 1. The van der Waals surface area contributed by atoms with Gasteiger partial charge in [0.15, 0.2) is 5.82 Å². The number of nitrogens with zero attached hydrogens (tertiary/aromatic N) is 3. The van der Waals surface area contributed by atoms with E-state index in [1.165, 1.54) is 0 Å². The van der Waals surface area contributed by atoms with Crippen LogP contribution in [0.15, 0.2) is 17.2 Å². The molecule has 102 valence electrons. The summed E-state index contributed by atoms with van der Waals surface area (Å²) < 4.78 is 6.75. The molecule has 0 aliphatic heterocycles. The van der Waals surface area contributed by atoms with Crippen LogP contribution >= 0.6 is 15.9 Å². The Morgan fingerprint density at radius 1 is 1.50 bits per heavy atom. The van der Waals surface area contributed by atoms with E-state index in [9.17, 15) is 4.79 Å². The second kappa shape index (κ2) is 7.53. The van der Waals surface area contributed by atoms with Crippen molar-refractivity contribution in [3.8, 4) is 0 Å². The molecule has 0 fully saturated rings. The van der Waals surface area contributed by atoms with Crippen LogP contribution in [0.2, 0.25) is 0 Å². The summed E-state index contributed by atoms with van der Waals surface area (Å²) in [5.41, 5.74) is -0.0513. The van der Waals surface area contributed by atoms with Crippen molar-refractivity contribution in [2.24, 2.45) is 0 Å². The molecule has 0 atom stereocenters. The Morgan fingerprint density at radius 2 is 2.22 bits per heavy atom. The summed E-state index contributed by atoms with van der Waals surface area (Å²) in [6.07, 6.45) is 3.39. The van der Waals surface area contributed by atoms with Gasteiger partial charge >= 0.3 is 0 Å². The molecule has 5 nitrogen and oxygen atoms in total. The van der Waals surface area contributed by atoms with E-state index in [-0.39, 0.29) is 11.6 Å². The van der Waals surface area contributed by atoms with Gasteiger partial charge in [0.1, 0.15) is 0 Å². The zero-order valence-electron chi connectivity index (χ0n) is 11.1. The van der Waals surface area contributed by atoms with Crippen LogP contribution in [0, 0.1) is 0 Å². The highest BCUT2D eigenvalue weighted by atomic mass is 79.9. The van der Waals surface area contributed by atoms with Crippen molar-refractivity contribution in [2.45, 2.75) is 19.9 Å². The largest absolute Gasteiger partial charge is 0.383 e. The van der Waals surface area contributed by atoms with Crippen molar-refractivity contribution in [1.82, 2.24) is 9.55 Å². The maximum atomic E-state index is 12.3. The summed E-state index contributed by atoms with van der Waals surface area (Å²) in [5.74, 6) is 0.489. The van der Waals surface area contributed by atoms with Crippen molar-refractivity contribution >= 4 is 21.7 Å². The zero-order chi connectivity index (χ0) is 13.5. The van der Waals surface area contributed by atoms with Gasteiger partial charge in [-0.05, 0) is 13.8 Å². The molecule has 0 aliphatic carbocycles. The average Bonchev–Trinajstić information content (AvgIpc) is 2.34. The Bertz CT molecular complexity index is 420. The van der Waals surface area contributed by atoms with E-state index in [1.54, 1.807) is 24.1 Å². The second-order valence-corrected chi connectivity index (χ2v) is 5.02. The molecule has 0 aromatic carbocycles. The summed E-state index contributed by atoms with van der Waals surface area (Å²) >= 11 is 3.39. The van der Waals surface area contributed by atoms with Crippen LogP contribution in [0.5, 0.6) is 0 Å². The van der Waals surface area contributed by atoms with Crippen molar-refractivity contribution in [2.75, 3.05) is 37.0 Å². The number of hydrogen-bond donors (Lipinski definition) is 0. The molecule has 0 radical (unpaired) electrons. The Hall–Kier alpha value is -0.880. The number of ether oxygens (including phenoxy) is 1. The van der Waals surface area contributed by atoms with Gasteiger partial charge in [-0.3, -0.25) is 4.79 Å². The molecule has 0 unspecified atom stereocenters. The third-order valence-corrected chi connectivity index (χ3v) is 2.98. The Labute approximate surface area is 116 Å². The van der Waals surface area contributed by atoms with Crippen LogP contribution in [-0.4, -0.2) is 41.7 Å². The van der Waals surface area contributed by atoms with Gasteiger partial charge in [0, 0.05) is 44.0 Å². The number of halogens is 1. The third-order valence-electron chi connectivity index (χ3n) is 2.63. The Kier molecular flexibility index (Phi) is 6.35. The van der Waals surface area contributed by atoms with Crippen LogP contribution in [0.1, 0.15) is 19.9 Å². The number of alkyl halides is 1. The molecule has 0 amide bonds. The van der Waals surface area contributed by atoms with Crippen LogP contribution < -0.4 is 10.5 Å². The highest BCUT2D eigenvalue weighted by Crippen LogP contribution is 2.07. The lowest BCUT2D eigenvalue weighted by molar-refractivity contribution is 0.205. The SMILES string of the molecule is COCCN(CCBr)c1nccn(C(C)C)c1=O. The number of aromatic nitrogens is 2. The molecule has 6 heteroatoms. The standard InChI is InChI=1S/C12H20BrN3O2/c1-10(2)16-7-5-14-11(12(16)17)15(6-4-13)8-9-18-3/h5,7,10H,4,6,8-9H2,1-3H3. The molecule has 0 saturated carbocycles. The monoisotopic (exact) mass is 317 g/mol. The Balaban J connectivity index is 3.04. The quantitative estimate of drug-likeness (QED) is 0.718. The van der Waals surface area contributed by atoms with Gasteiger partial charge < -0.3 is 14.2 Å². The van der Waals surface area contributed by atoms with E-state index >= 15 is 0 Å². The molecular formula is C12H20BrN3O2. The summed E-state index contributed by atoms with van der Waals surface area (Å²) in [7, 11) is 1.65. The lowest BCUT2D eigenvalue weighted by Gasteiger charge is -2.22. The van der Waals surface area contributed by atoms with Gasteiger partial charge in [-0.2, -0.15) is 0 Å². The van der Waals surface area contributed by atoms with Crippen molar-refractivity contribution < 1.29 is 4.74 Å². The fourth-order valence-corrected chi connectivity index (χ4v) is 2.09. The van der Waals surface area contributed by atoms with E-state index in [1.807, 2.05) is 18.7 Å². The summed E-state index contributed by atoms with van der Waals surface area (Å²) in [6.45, 7) is 5.93. The average molecular weight is 318 g/mol. The highest BCUT2D eigenvalue weighted by molar-refractivity contribution is 9.09. The third kappa shape index (κ3) is 3.81. The molecule has 1 aromatic heterocycles. The minimum atomic E-state index is -0.0513. The molecule has 0 spiro atoms. The van der Waals surface area contributed by atoms with Crippen LogP contribution in [-0.2, 0) is 4.74 Å². The number of methoxy groups -OCH3 is 1. The van der Waals surface area contributed by atoms with E-state index in [2.05, 4.69) is 20.9 Å². The van der Waals surface area contributed by atoms with Crippen molar-refractivity contribution in [1.29, 1.82) is 0 Å². The number of rotatable bonds is 7. The fraction of sp³-hybridized carbons (Fsp3) is 0.667. The first-order chi connectivity index (χ1) is 8.61. The minimum Gasteiger partial charge on any atom is -0.383 e. The van der Waals surface area contributed by atoms with Gasteiger partial charge in [0.25, 0.3) is 5.56 Å². The lowest BCUT2D eigenvalue weighted by Crippen LogP contribution is -2.37. The van der Waals surface area contributed by atoms with E-state index in [0.717, 1.165) is 11.9 Å². The maximum absolute atomic E-state index is 12.3. The summed E-state index contributed by atoms with van der Waals surface area (Å²) in [4.78, 5) is 18.4. The molecular weight excluding hydrogens is 298 g/mol. The normalized spacial score (nSPS) is 10.9.